The van der Waals surface area contributed by atoms with Gasteiger partial charge in [-0.25, -0.2) is 0 Å². The second kappa shape index (κ2) is 4.82. The fraction of sp³-hybridized carbons (Fsp3) is 0.500. The normalized spacial score (nSPS) is 22.9. The van der Waals surface area contributed by atoms with E-state index in [0.717, 1.165) is 24.8 Å². The van der Waals surface area contributed by atoms with Gasteiger partial charge in [-0.1, -0.05) is 6.08 Å². The molecule has 1 atom stereocenters. The first-order chi connectivity index (χ1) is 6.18. The van der Waals surface area contributed by atoms with Gasteiger partial charge >= 0.3 is 5.97 Å². The van der Waals surface area contributed by atoms with Gasteiger partial charge in [-0.3, -0.25) is 4.79 Å². The molecular formula is C10H14O3. The number of allylic oxidation sites excluding steroid dienone is 2. The Hall–Kier alpha value is -1.09. The molecule has 1 unspecified atom stereocenters. The summed E-state index contributed by atoms with van der Waals surface area (Å²) in [5.74, 6) is -0.326. The summed E-state index contributed by atoms with van der Waals surface area (Å²) in [5, 5.41) is 9.27. The van der Waals surface area contributed by atoms with E-state index in [9.17, 15) is 9.90 Å². The van der Waals surface area contributed by atoms with Crippen LogP contribution in [0.5, 0.6) is 0 Å². The molecule has 0 aliphatic heterocycles. The maximum absolute atomic E-state index is 10.4. The molecule has 13 heavy (non-hydrogen) atoms. The molecule has 3 heteroatoms. The smallest absolute Gasteiger partial charge is 0.307 e. The van der Waals surface area contributed by atoms with Crippen LogP contribution in [-0.2, 0) is 9.53 Å². The Morgan fingerprint density at radius 1 is 1.77 bits per heavy atom. The van der Waals surface area contributed by atoms with Crippen LogP contribution < -0.4 is 0 Å². The topological polar surface area (TPSA) is 46.5 Å². The highest BCUT2D eigenvalue weighted by Crippen LogP contribution is 2.18. The van der Waals surface area contributed by atoms with Crippen molar-refractivity contribution in [3.05, 3.63) is 24.0 Å². The van der Waals surface area contributed by atoms with E-state index < -0.39 is 0 Å². The van der Waals surface area contributed by atoms with Crippen molar-refractivity contribution in [2.24, 2.45) is 0 Å². The third kappa shape index (κ3) is 3.90. The number of carbonyl (C=O) groups excluding carboxylic acids is 1. The number of ether oxygens (including phenoxy) is 1. The van der Waals surface area contributed by atoms with Gasteiger partial charge in [-0.05, 0) is 30.9 Å². The monoisotopic (exact) mass is 182 g/mol. The summed E-state index contributed by atoms with van der Waals surface area (Å²) in [4.78, 5) is 10.4. The van der Waals surface area contributed by atoms with Crippen molar-refractivity contribution in [3.8, 4) is 0 Å². The summed E-state index contributed by atoms with van der Waals surface area (Å²) >= 11 is 0. The molecule has 0 bridgehead atoms. The first-order valence-electron chi connectivity index (χ1n) is 4.41. The van der Waals surface area contributed by atoms with Crippen LogP contribution >= 0.6 is 0 Å². The predicted molar refractivity (Wildman–Crippen MR) is 48.8 cm³/mol. The molecule has 0 heterocycles. The van der Waals surface area contributed by atoms with E-state index in [1.807, 2.05) is 0 Å². The Balaban J connectivity index is 2.43. The molecule has 0 amide bonds. The first kappa shape index (κ1) is 9.99. The average molecular weight is 182 g/mol. The van der Waals surface area contributed by atoms with Gasteiger partial charge in [0, 0.05) is 6.92 Å². The van der Waals surface area contributed by atoms with E-state index in [1.165, 1.54) is 13.2 Å². The summed E-state index contributed by atoms with van der Waals surface area (Å²) in [5.41, 5.74) is 1.03. The van der Waals surface area contributed by atoms with Gasteiger partial charge in [-0.15, -0.1) is 0 Å². The molecule has 0 spiro atoms. The van der Waals surface area contributed by atoms with Gasteiger partial charge < -0.3 is 9.84 Å². The quantitative estimate of drug-likeness (QED) is 0.520. The Morgan fingerprint density at radius 3 is 3.15 bits per heavy atom. The fourth-order valence-electron chi connectivity index (χ4n) is 1.29. The molecule has 0 aromatic carbocycles. The Labute approximate surface area is 77.7 Å². The highest BCUT2D eigenvalue weighted by atomic mass is 16.5. The van der Waals surface area contributed by atoms with Gasteiger partial charge in [0.25, 0.3) is 0 Å². The lowest BCUT2D eigenvalue weighted by molar-refractivity contribution is -0.135. The van der Waals surface area contributed by atoms with E-state index >= 15 is 0 Å². The zero-order chi connectivity index (χ0) is 9.68. The van der Waals surface area contributed by atoms with Crippen LogP contribution in [0.25, 0.3) is 0 Å². The summed E-state index contributed by atoms with van der Waals surface area (Å²) in [7, 11) is 0. The maximum Gasteiger partial charge on any atom is 0.307 e. The maximum atomic E-state index is 10.4. The lowest BCUT2D eigenvalue weighted by Crippen LogP contribution is -2.07. The highest BCUT2D eigenvalue weighted by Gasteiger charge is 2.08. The molecule has 1 N–H and O–H groups in total. The van der Waals surface area contributed by atoms with Crippen molar-refractivity contribution >= 4 is 5.97 Å². The van der Waals surface area contributed by atoms with E-state index in [1.54, 1.807) is 12.2 Å². The number of carbonyl (C=O) groups is 1. The molecule has 1 aliphatic carbocycles. The molecule has 0 saturated carbocycles. The zero-order valence-corrected chi connectivity index (χ0v) is 7.69. The van der Waals surface area contributed by atoms with Crippen LogP contribution in [0, 0.1) is 0 Å². The number of hydrogen-bond acceptors (Lipinski definition) is 3. The zero-order valence-electron chi connectivity index (χ0n) is 7.69. The Morgan fingerprint density at radius 2 is 2.54 bits per heavy atom. The number of rotatable bonds is 2. The standard InChI is InChI=1S/C10H14O3/c1-8(11)13-6-5-9-3-2-4-10(12)7-9/h5-7,10,12H,2-4H2,1H3/b6-5+. The second-order valence-electron chi connectivity index (χ2n) is 3.11. The SMILES string of the molecule is CC(=O)O/C=C/C1=CC(O)CCC1. The van der Waals surface area contributed by atoms with Crippen molar-refractivity contribution in [1.29, 1.82) is 0 Å². The minimum absolute atomic E-state index is 0.326. The van der Waals surface area contributed by atoms with Gasteiger partial charge in [0.15, 0.2) is 0 Å². The van der Waals surface area contributed by atoms with Crippen LogP contribution in [-0.4, -0.2) is 17.2 Å². The van der Waals surface area contributed by atoms with Gasteiger partial charge in [-0.2, -0.15) is 0 Å². The van der Waals surface area contributed by atoms with E-state index in [2.05, 4.69) is 4.74 Å². The second-order valence-corrected chi connectivity index (χ2v) is 3.11. The average Bonchev–Trinajstić information content (AvgIpc) is 2.03. The van der Waals surface area contributed by atoms with Crippen molar-refractivity contribution in [3.63, 3.8) is 0 Å². The summed E-state index contributed by atoms with van der Waals surface area (Å²) in [6.07, 6.45) is 7.29. The molecule has 3 nitrogen and oxygen atoms in total. The Kier molecular flexibility index (Phi) is 3.71. The number of hydrogen-bond donors (Lipinski definition) is 1. The predicted octanol–water partition coefficient (Wildman–Crippen LogP) is 1.53. The molecule has 0 saturated heterocycles. The van der Waals surface area contributed by atoms with Crippen molar-refractivity contribution in [2.45, 2.75) is 32.3 Å². The first-order valence-corrected chi connectivity index (χ1v) is 4.41. The minimum atomic E-state index is -0.342. The van der Waals surface area contributed by atoms with Crippen molar-refractivity contribution in [1.82, 2.24) is 0 Å². The molecule has 0 fully saturated rings. The van der Waals surface area contributed by atoms with Crippen molar-refractivity contribution in [2.75, 3.05) is 0 Å². The Bertz CT molecular complexity index is 241. The number of aliphatic hydroxyl groups is 1. The van der Waals surface area contributed by atoms with Gasteiger partial charge in [0.2, 0.25) is 0 Å². The molecule has 0 radical (unpaired) electrons. The molecule has 1 rings (SSSR count). The van der Waals surface area contributed by atoms with Crippen LogP contribution in [0.3, 0.4) is 0 Å². The lowest BCUT2D eigenvalue weighted by atomic mass is 9.98. The minimum Gasteiger partial charge on any atom is -0.435 e. The van der Waals surface area contributed by atoms with Crippen LogP contribution in [0.1, 0.15) is 26.2 Å². The van der Waals surface area contributed by atoms with Gasteiger partial charge in [0.05, 0.1) is 12.4 Å². The molecule has 0 aromatic heterocycles. The van der Waals surface area contributed by atoms with Gasteiger partial charge in [0.1, 0.15) is 0 Å². The molecule has 72 valence electrons. The van der Waals surface area contributed by atoms with Crippen LogP contribution in [0.4, 0.5) is 0 Å². The number of esters is 1. The largest absolute Gasteiger partial charge is 0.435 e. The van der Waals surface area contributed by atoms with Crippen LogP contribution in [0.15, 0.2) is 24.0 Å². The summed E-state index contributed by atoms with van der Waals surface area (Å²) < 4.78 is 4.64. The third-order valence-corrected chi connectivity index (χ3v) is 1.89. The third-order valence-electron chi connectivity index (χ3n) is 1.89. The van der Waals surface area contributed by atoms with Crippen LogP contribution in [0.2, 0.25) is 0 Å². The number of aliphatic hydroxyl groups excluding tert-OH is 1. The summed E-state index contributed by atoms with van der Waals surface area (Å²) in [6.45, 7) is 1.36. The summed E-state index contributed by atoms with van der Waals surface area (Å²) in [6, 6.07) is 0. The molecule has 0 aromatic rings. The molecular weight excluding hydrogens is 168 g/mol. The fourth-order valence-corrected chi connectivity index (χ4v) is 1.29. The van der Waals surface area contributed by atoms with E-state index in [-0.39, 0.29) is 12.1 Å². The van der Waals surface area contributed by atoms with E-state index in [4.69, 9.17) is 0 Å². The van der Waals surface area contributed by atoms with E-state index in [0.29, 0.717) is 0 Å². The highest BCUT2D eigenvalue weighted by molar-refractivity contribution is 5.66. The van der Waals surface area contributed by atoms with Crippen molar-refractivity contribution < 1.29 is 14.6 Å². The molecule has 1 aliphatic rings. The lowest BCUT2D eigenvalue weighted by Gasteiger charge is -2.13.